The summed E-state index contributed by atoms with van der Waals surface area (Å²) in [4.78, 5) is 4.44. The molecular weight excluding hydrogens is 260 g/mol. The second-order valence-corrected chi connectivity index (χ2v) is 5.39. The van der Waals surface area contributed by atoms with Crippen LogP contribution in [0.15, 0.2) is 16.6 Å². The van der Waals surface area contributed by atoms with Gasteiger partial charge < -0.3 is 0 Å². The lowest BCUT2D eigenvalue weighted by atomic mass is 10.9. The third-order valence-electron chi connectivity index (χ3n) is 1.69. The van der Waals surface area contributed by atoms with E-state index < -0.39 is 10.1 Å². The molecule has 0 aromatic carbocycles. The average molecular weight is 267 g/mol. The average Bonchev–Trinajstić information content (AvgIpc) is 2.61. The van der Waals surface area contributed by atoms with E-state index in [1.807, 2.05) is 0 Å². The van der Waals surface area contributed by atoms with Crippen LogP contribution in [0.2, 0.25) is 5.15 Å². The largest absolute Gasteiger partial charge is 0.316 e. The van der Waals surface area contributed by atoms with E-state index in [0.29, 0.717) is 4.96 Å². The summed E-state index contributed by atoms with van der Waals surface area (Å²) in [5, 5.41) is 1.56. The van der Waals surface area contributed by atoms with E-state index in [-0.39, 0.29) is 16.8 Å². The molecule has 2 aromatic heterocycles. The molecule has 0 aliphatic rings. The molecular formula is C7H7ClN2O3S2. The first kappa shape index (κ1) is 10.9. The summed E-state index contributed by atoms with van der Waals surface area (Å²) < 4.78 is 29.4. The summed E-state index contributed by atoms with van der Waals surface area (Å²) in [6.45, 7) is 1.66. The monoisotopic (exact) mass is 266 g/mol. The Kier molecular flexibility index (Phi) is 2.72. The first-order chi connectivity index (χ1) is 7.06. The van der Waals surface area contributed by atoms with Crippen LogP contribution in [0, 0.1) is 0 Å². The Morgan fingerprint density at radius 1 is 1.67 bits per heavy atom. The molecule has 15 heavy (non-hydrogen) atoms. The van der Waals surface area contributed by atoms with Gasteiger partial charge >= 0.3 is 10.1 Å². The molecule has 5 nitrogen and oxygen atoms in total. The van der Waals surface area contributed by atoms with Crippen molar-refractivity contribution >= 4 is 38.0 Å². The maximum Gasteiger partial charge on any atom is 0.316 e. The highest BCUT2D eigenvalue weighted by molar-refractivity contribution is 7.86. The smallest absolute Gasteiger partial charge is 0.278 e. The van der Waals surface area contributed by atoms with Crippen LogP contribution in [-0.4, -0.2) is 24.4 Å². The van der Waals surface area contributed by atoms with Gasteiger partial charge in [0.25, 0.3) is 0 Å². The number of halogens is 1. The van der Waals surface area contributed by atoms with E-state index in [9.17, 15) is 8.42 Å². The Morgan fingerprint density at radius 3 is 3.07 bits per heavy atom. The predicted octanol–water partition coefficient (Wildman–Crippen LogP) is 1.77. The summed E-state index contributed by atoms with van der Waals surface area (Å²) >= 11 is 7.05. The van der Waals surface area contributed by atoms with E-state index in [1.54, 1.807) is 18.5 Å². The number of aromatic nitrogens is 2. The number of hydrogen-bond donors (Lipinski definition) is 0. The first-order valence-corrected chi connectivity index (χ1v) is 6.73. The topological polar surface area (TPSA) is 60.7 Å². The van der Waals surface area contributed by atoms with Crippen molar-refractivity contribution in [2.24, 2.45) is 0 Å². The molecule has 2 rings (SSSR count). The Hall–Kier alpha value is -0.630. The predicted molar refractivity (Wildman–Crippen MR) is 56.9 cm³/mol. The molecule has 0 spiro atoms. The van der Waals surface area contributed by atoms with Crippen LogP contribution in [-0.2, 0) is 14.3 Å². The van der Waals surface area contributed by atoms with Crippen LogP contribution in [0.5, 0.6) is 0 Å². The van der Waals surface area contributed by atoms with Gasteiger partial charge in [-0.1, -0.05) is 11.6 Å². The molecule has 82 valence electrons. The highest BCUT2D eigenvalue weighted by Gasteiger charge is 2.25. The van der Waals surface area contributed by atoms with Crippen molar-refractivity contribution in [2.75, 3.05) is 6.61 Å². The maximum absolute atomic E-state index is 11.7. The SMILES string of the molecule is CCOS(=O)(=O)c1c(Cl)nc2sccn12. The van der Waals surface area contributed by atoms with Gasteiger partial charge in [0.2, 0.25) is 5.03 Å². The Balaban J connectivity index is 2.69. The molecule has 0 N–H and O–H groups in total. The fourth-order valence-corrected chi connectivity index (χ4v) is 3.51. The lowest BCUT2D eigenvalue weighted by Gasteiger charge is -2.01. The van der Waals surface area contributed by atoms with Gasteiger partial charge in [-0.15, -0.1) is 11.3 Å². The van der Waals surface area contributed by atoms with Gasteiger partial charge in [-0.05, 0) is 6.92 Å². The molecule has 2 heterocycles. The zero-order valence-electron chi connectivity index (χ0n) is 7.68. The minimum Gasteiger partial charge on any atom is -0.278 e. The fraction of sp³-hybridized carbons (Fsp3) is 0.286. The van der Waals surface area contributed by atoms with Crippen molar-refractivity contribution in [3.63, 3.8) is 0 Å². The standard InChI is InChI=1S/C7H7ClN2O3S2/c1-2-13-15(11,12)6-5(8)9-7-10(6)3-4-14-7/h3-4H,2H2,1H3. The summed E-state index contributed by atoms with van der Waals surface area (Å²) in [5.41, 5.74) is 0. The summed E-state index contributed by atoms with van der Waals surface area (Å²) in [6, 6.07) is 0. The molecule has 0 aliphatic heterocycles. The Bertz CT molecular complexity index is 586. The molecule has 2 aromatic rings. The summed E-state index contributed by atoms with van der Waals surface area (Å²) in [7, 11) is -3.82. The molecule has 0 unspecified atom stereocenters. The van der Waals surface area contributed by atoms with Gasteiger partial charge in [0.05, 0.1) is 6.61 Å². The quantitative estimate of drug-likeness (QED) is 0.795. The van der Waals surface area contributed by atoms with E-state index in [0.717, 1.165) is 0 Å². The lowest BCUT2D eigenvalue weighted by molar-refractivity contribution is 0.336. The normalized spacial score (nSPS) is 12.4. The minimum atomic E-state index is -3.82. The summed E-state index contributed by atoms with van der Waals surface area (Å²) in [6.07, 6.45) is 1.59. The van der Waals surface area contributed by atoms with Crippen LogP contribution in [0.1, 0.15) is 6.92 Å². The number of imidazole rings is 1. The van der Waals surface area contributed by atoms with Crippen molar-refractivity contribution in [3.8, 4) is 0 Å². The number of rotatable bonds is 3. The molecule has 0 bridgehead atoms. The second kappa shape index (κ2) is 3.75. The summed E-state index contributed by atoms with van der Waals surface area (Å²) in [5.74, 6) is 0. The van der Waals surface area contributed by atoms with Gasteiger partial charge in [0.15, 0.2) is 10.1 Å². The first-order valence-electron chi connectivity index (χ1n) is 4.06. The molecule has 0 saturated heterocycles. The van der Waals surface area contributed by atoms with E-state index in [2.05, 4.69) is 9.17 Å². The number of hydrogen-bond acceptors (Lipinski definition) is 5. The van der Waals surface area contributed by atoms with Crippen LogP contribution < -0.4 is 0 Å². The maximum atomic E-state index is 11.7. The van der Waals surface area contributed by atoms with E-state index in [4.69, 9.17) is 11.6 Å². The van der Waals surface area contributed by atoms with E-state index in [1.165, 1.54) is 15.7 Å². The molecule has 0 radical (unpaired) electrons. The van der Waals surface area contributed by atoms with Crippen molar-refractivity contribution in [1.82, 2.24) is 9.38 Å². The van der Waals surface area contributed by atoms with Gasteiger partial charge in [0, 0.05) is 11.6 Å². The van der Waals surface area contributed by atoms with Crippen LogP contribution >= 0.6 is 22.9 Å². The lowest BCUT2D eigenvalue weighted by Crippen LogP contribution is -2.08. The molecule has 0 atom stereocenters. The van der Waals surface area contributed by atoms with Crippen molar-refractivity contribution in [2.45, 2.75) is 11.9 Å². The number of fused-ring (bicyclic) bond motifs is 1. The van der Waals surface area contributed by atoms with Crippen LogP contribution in [0.25, 0.3) is 4.96 Å². The zero-order valence-corrected chi connectivity index (χ0v) is 10.1. The van der Waals surface area contributed by atoms with Crippen LogP contribution in [0.4, 0.5) is 0 Å². The molecule has 0 aliphatic carbocycles. The van der Waals surface area contributed by atoms with Gasteiger partial charge in [-0.2, -0.15) is 8.42 Å². The molecule has 0 saturated carbocycles. The number of thiazole rings is 1. The third-order valence-corrected chi connectivity index (χ3v) is 4.23. The number of nitrogens with zero attached hydrogens (tertiary/aromatic N) is 2. The molecule has 0 fully saturated rings. The minimum absolute atomic E-state index is 0.0599. The molecule has 8 heteroatoms. The Labute approximate surface area is 95.4 Å². The van der Waals surface area contributed by atoms with Gasteiger partial charge in [0.1, 0.15) is 0 Å². The van der Waals surface area contributed by atoms with Crippen molar-refractivity contribution in [3.05, 3.63) is 16.7 Å². The van der Waals surface area contributed by atoms with Crippen LogP contribution in [0.3, 0.4) is 0 Å². The van der Waals surface area contributed by atoms with Gasteiger partial charge in [-0.3, -0.25) is 8.58 Å². The van der Waals surface area contributed by atoms with Gasteiger partial charge in [-0.25, -0.2) is 4.98 Å². The zero-order chi connectivity index (χ0) is 11.1. The second-order valence-electron chi connectivity index (χ2n) is 2.62. The highest BCUT2D eigenvalue weighted by atomic mass is 35.5. The highest BCUT2D eigenvalue weighted by Crippen LogP contribution is 2.26. The van der Waals surface area contributed by atoms with Crippen molar-refractivity contribution in [1.29, 1.82) is 0 Å². The fourth-order valence-electron chi connectivity index (χ4n) is 1.17. The third kappa shape index (κ3) is 1.76. The van der Waals surface area contributed by atoms with Crippen molar-refractivity contribution < 1.29 is 12.6 Å². The van der Waals surface area contributed by atoms with E-state index >= 15 is 0 Å². The Morgan fingerprint density at radius 2 is 2.40 bits per heavy atom. The molecule has 0 amide bonds.